The first-order valence-corrected chi connectivity index (χ1v) is 11.4. The van der Waals surface area contributed by atoms with Crippen molar-refractivity contribution in [1.82, 2.24) is 20.1 Å². The molecule has 0 saturated heterocycles. The zero-order valence-corrected chi connectivity index (χ0v) is 20.4. The van der Waals surface area contributed by atoms with Gasteiger partial charge >= 0.3 is 0 Å². The quantitative estimate of drug-likeness (QED) is 0.499. The van der Waals surface area contributed by atoms with Gasteiger partial charge in [-0.25, -0.2) is 9.67 Å². The van der Waals surface area contributed by atoms with Gasteiger partial charge in [0.05, 0.1) is 6.54 Å². The van der Waals surface area contributed by atoms with Gasteiger partial charge in [0.1, 0.15) is 31.1 Å². The molecule has 1 heterocycles. The number of anilines is 1. The molecule has 1 atom stereocenters. The molecule has 34 heavy (non-hydrogen) atoms. The molecule has 1 aromatic heterocycles. The normalized spacial score (nSPS) is 12.3. The van der Waals surface area contributed by atoms with E-state index in [1.807, 2.05) is 32.0 Å². The Bertz CT molecular complexity index is 1090. The van der Waals surface area contributed by atoms with Gasteiger partial charge in [-0.2, -0.15) is 5.10 Å². The molecule has 2 aromatic carbocycles. The molecule has 8 nitrogen and oxygen atoms in total. The summed E-state index contributed by atoms with van der Waals surface area (Å²) in [6.07, 6.45) is 3.10. The van der Waals surface area contributed by atoms with Crippen molar-refractivity contribution >= 4 is 17.5 Å². The first-order valence-electron chi connectivity index (χ1n) is 11.4. The van der Waals surface area contributed by atoms with E-state index < -0.39 is 6.04 Å². The third kappa shape index (κ3) is 6.91. The van der Waals surface area contributed by atoms with E-state index >= 15 is 0 Å². The Morgan fingerprint density at radius 3 is 2.44 bits per heavy atom. The van der Waals surface area contributed by atoms with E-state index in [-0.39, 0.29) is 23.1 Å². The standard InChI is InChI=1S/C26H33N5O3/c1-18(2)23(30-24(32)19-9-11-20(12-10-19)26(3,4)5)25(33)29-21-7-6-8-22(15-21)34-14-13-31-17-27-16-28-31/h6-12,15-18,23H,13-14H2,1-5H3,(H,29,33)(H,30,32). The minimum absolute atomic E-state index is 0.00395. The first-order chi connectivity index (χ1) is 16.1. The van der Waals surface area contributed by atoms with Gasteiger partial charge in [0.2, 0.25) is 5.91 Å². The number of ether oxygens (including phenoxy) is 1. The number of benzene rings is 2. The molecule has 0 aliphatic carbocycles. The maximum atomic E-state index is 13.0. The number of rotatable bonds is 9. The third-order valence-corrected chi connectivity index (χ3v) is 5.41. The van der Waals surface area contributed by atoms with Crippen LogP contribution in [0.25, 0.3) is 0 Å². The largest absolute Gasteiger partial charge is 0.492 e. The lowest BCUT2D eigenvalue weighted by Gasteiger charge is -2.22. The SMILES string of the molecule is CC(C)C(NC(=O)c1ccc(C(C)(C)C)cc1)C(=O)Nc1cccc(OCCn2cncn2)c1. The number of nitrogens with zero attached hydrogens (tertiary/aromatic N) is 3. The van der Waals surface area contributed by atoms with Gasteiger partial charge in [-0.3, -0.25) is 9.59 Å². The smallest absolute Gasteiger partial charge is 0.251 e. The first kappa shape index (κ1) is 25.0. The van der Waals surface area contributed by atoms with Crippen molar-refractivity contribution in [2.75, 3.05) is 11.9 Å². The molecule has 0 aliphatic rings. The average Bonchev–Trinajstić information content (AvgIpc) is 3.30. The van der Waals surface area contributed by atoms with E-state index in [2.05, 4.69) is 41.5 Å². The summed E-state index contributed by atoms with van der Waals surface area (Å²) in [5, 5.41) is 9.80. The Kier molecular flexibility index (Phi) is 8.04. The van der Waals surface area contributed by atoms with Crippen LogP contribution in [0, 0.1) is 5.92 Å². The van der Waals surface area contributed by atoms with Gasteiger partial charge < -0.3 is 15.4 Å². The number of carbonyl (C=O) groups is 2. The highest BCUT2D eigenvalue weighted by molar-refractivity contribution is 6.01. The van der Waals surface area contributed by atoms with Crippen molar-refractivity contribution < 1.29 is 14.3 Å². The van der Waals surface area contributed by atoms with Gasteiger partial charge in [-0.05, 0) is 41.2 Å². The topological polar surface area (TPSA) is 98.1 Å². The van der Waals surface area contributed by atoms with Crippen LogP contribution in [-0.4, -0.2) is 39.2 Å². The van der Waals surface area contributed by atoms with Crippen LogP contribution < -0.4 is 15.4 Å². The molecule has 0 radical (unpaired) electrons. The van der Waals surface area contributed by atoms with Crippen molar-refractivity contribution in [3.05, 3.63) is 72.3 Å². The fourth-order valence-corrected chi connectivity index (χ4v) is 3.37. The second-order valence-corrected chi connectivity index (χ2v) is 9.55. The molecular weight excluding hydrogens is 430 g/mol. The summed E-state index contributed by atoms with van der Waals surface area (Å²) in [7, 11) is 0. The highest BCUT2D eigenvalue weighted by atomic mass is 16.5. The van der Waals surface area contributed by atoms with Crippen LogP contribution in [-0.2, 0) is 16.8 Å². The van der Waals surface area contributed by atoms with Gasteiger partial charge in [0.25, 0.3) is 5.91 Å². The van der Waals surface area contributed by atoms with E-state index in [0.717, 1.165) is 5.56 Å². The Hall–Kier alpha value is -3.68. The molecule has 180 valence electrons. The summed E-state index contributed by atoms with van der Waals surface area (Å²) < 4.78 is 7.43. The molecule has 3 rings (SSSR count). The fraction of sp³-hybridized carbons (Fsp3) is 0.385. The predicted molar refractivity (Wildman–Crippen MR) is 132 cm³/mol. The Balaban J connectivity index is 1.60. The maximum Gasteiger partial charge on any atom is 0.251 e. The molecule has 2 amide bonds. The van der Waals surface area contributed by atoms with Crippen molar-refractivity contribution in [3.63, 3.8) is 0 Å². The number of hydrogen-bond acceptors (Lipinski definition) is 5. The van der Waals surface area contributed by atoms with Crippen molar-refractivity contribution in [1.29, 1.82) is 0 Å². The van der Waals surface area contributed by atoms with E-state index in [0.29, 0.717) is 30.2 Å². The van der Waals surface area contributed by atoms with Gasteiger partial charge in [-0.15, -0.1) is 0 Å². The summed E-state index contributed by atoms with van der Waals surface area (Å²) in [6, 6.07) is 14.0. The molecule has 8 heteroatoms. The lowest BCUT2D eigenvalue weighted by atomic mass is 9.86. The summed E-state index contributed by atoms with van der Waals surface area (Å²) in [5.41, 5.74) is 2.27. The molecule has 0 saturated carbocycles. The van der Waals surface area contributed by atoms with E-state index in [1.165, 1.54) is 6.33 Å². The van der Waals surface area contributed by atoms with Crippen LogP contribution >= 0.6 is 0 Å². The van der Waals surface area contributed by atoms with Crippen LogP contribution in [0.1, 0.15) is 50.5 Å². The Morgan fingerprint density at radius 1 is 1.09 bits per heavy atom. The maximum absolute atomic E-state index is 13.0. The summed E-state index contributed by atoms with van der Waals surface area (Å²) in [6.45, 7) is 11.1. The van der Waals surface area contributed by atoms with E-state index in [4.69, 9.17) is 4.74 Å². The molecular formula is C26H33N5O3. The molecule has 2 N–H and O–H groups in total. The van der Waals surface area contributed by atoms with Gasteiger partial charge in [-0.1, -0.05) is 52.8 Å². The summed E-state index contributed by atoms with van der Waals surface area (Å²) >= 11 is 0. The molecule has 3 aromatic rings. The fourth-order valence-electron chi connectivity index (χ4n) is 3.37. The van der Waals surface area contributed by atoms with E-state index in [9.17, 15) is 9.59 Å². The zero-order valence-electron chi connectivity index (χ0n) is 20.4. The average molecular weight is 464 g/mol. The second kappa shape index (κ2) is 11.0. The van der Waals surface area contributed by atoms with Gasteiger partial charge in [0, 0.05) is 17.3 Å². The van der Waals surface area contributed by atoms with Crippen LogP contribution in [0.15, 0.2) is 61.2 Å². The Morgan fingerprint density at radius 2 is 1.82 bits per heavy atom. The van der Waals surface area contributed by atoms with Crippen LogP contribution in [0.2, 0.25) is 0 Å². The number of carbonyl (C=O) groups excluding carboxylic acids is 2. The number of nitrogens with one attached hydrogen (secondary N) is 2. The summed E-state index contributed by atoms with van der Waals surface area (Å²) in [4.78, 5) is 29.7. The molecule has 0 spiro atoms. The van der Waals surface area contributed by atoms with Crippen molar-refractivity contribution in [3.8, 4) is 5.75 Å². The number of hydrogen-bond donors (Lipinski definition) is 2. The van der Waals surface area contributed by atoms with E-state index in [1.54, 1.807) is 41.3 Å². The third-order valence-electron chi connectivity index (χ3n) is 5.41. The second-order valence-electron chi connectivity index (χ2n) is 9.55. The van der Waals surface area contributed by atoms with Crippen molar-refractivity contribution in [2.45, 2.75) is 52.6 Å². The molecule has 1 unspecified atom stereocenters. The van der Waals surface area contributed by atoms with Crippen LogP contribution in [0.5, 0.6) is 5.75 Å². The molecule has 0 bridgehead atoms. The van der Waals surface area contributed by atoms with Crippen LogP contribution in [0.4, 0.5) is 5.69 Å². The zero-order chi connectivity index (χ0) is 24.7. The monoisotopic (exact) mass is 463 g/mol. The van der Waals surface area contributed by atoms with Crippen LogP contribution in [0.3, 0.4) is 0 Å². The highest BCUT2D eigenvalue weighted by Gasteiger charge is 2.25. The van der Waals surface area contributed by atoms with Crippen molar-refractivity contribution in [2.24, 2.45) is 5.92 Å². The molecule has 0 aliphatic heterocycles. The number of aromatic nitrogens is 3. The molecule has 0 fully saturated rings. The lowest BCUT2D eigenvalue weighted by Crippen LogP contribution is -2.47. The lowest BCUT2D eigenvalue weighted by molar-refractivity contribution is -0.118. The highest BCUT2D eigenvalue weighted by Crippen LogP contribution is 2.22. The number of amides is 2. The summed E-state index contributed by atoms with van der Waals surface area (Å²) in [5.74, 6) is -0.0316. The predicted octanol–water partition coefficient (Wildman–Crippen LogP) is 4.05. The minimum Gasteiger partial charge on any atom is -0.492 e. The van der Waals surface area contributed by atoms with Gasteiger partial charge in [0.15, 0.2) is 0 Å². The Labute approximate surface area is 200 Å². The minimum atomic E-state index is -0.688.